The van der Waals surface area contributed by atoms with Crippen molar-refractivity contribution in [2.45, 2.75) is 37.9 Å². The van der Waals surface area contributed by atoms with Crippen LogP contribution in [0.15, 0.2) is 58.7 Å². The SMILES string of the molecule is CCCC/C(=N\N=C1/NC(=O)C[C@H](C(=O)Nc2cc(Cl)ccc2Cl)S1)c1ccccc1. The minimum absolute atomic E-state index is 0.0266. The van der Waals surface area contributed by atoms with E-state index in [2.05, 4.69) is 27.8 Å². The lowest BCUT2D eigenvalue weighted by Crippen LogP contribution is -2.41. The number of unbranched alkanes of at least 4 members (excludes halogenated alkanes) is 1. The van der Waals surface area contributed by atoms with Gasteiger partial charge in [0.15, 0.2) is 5.17 Å². The second kappa shape index (κ2) is 11.3. The van der Waals surface area contributed by atoms with Crippen molar-refractivity contribution in [2.24, 2.45) is 10.2 Å². The molecule has 1 atom stereocenters. The second-order valence-electron chi connectivity index (χ2n) is 6.89. The van der Waals surface area contributed by atoms with Crippen LogP contribution in [0.5, 0.6) is 0 Å². The molecule has 0 aliphatic carbocycles. The van der Waals surface area contributed by atoms with Crippen molar-refractivity contribution in [3.05, 3.63) is 64.1 Å². The fourth-order valence-electron chi connectivity index (χ4n) is 2.88. The lowest BCUT2D eigenvalue weighted by atomic mass is 10.1. The van der Waals surface area contributed by atoms with E-state index in [0.717, 1.165) is 42.3 Å². The van der Waals surface area contributed by atoms with E-state index in [9.17, 15) is 9.59 Å². The number of anilines is 1. The van der Waals surface area contributed by atoms with Gasteiger partial charge in [0.2, 0.25) is 11.8 Å². The summed E-state index contributed by atoms with van der Waals surface area (Å²) in [6.45, 7) is 2.11. The summed E-state index contributed by atoms with van der Waals surface area (Å²) in [7, 11) is 0. The number of carbonyl (C=O) groups is 2. The van der Waals surface area contributed by atoms with Crippen LogP contribution < -0.4 is 10.6 Å². The molecule has 0 bridgehead atoms. The molecule has 2 aromatic carbocycles. The number of nitrogens with zero attached hydrogens (tertiary/aromatic N) is 2. The van der Waals surface area contributed by atoms with Gasteiger partial charge < -0.3 is 10.6 Å². The van der Waals surface area contributed by atoms with E-state index in [4.69, 9.17) is 23.2 Å². The van der Waals surface area contributed by atoms with E-state index < -0.39 is 5.25 Å². The zero-order chi connectivity index (χ0) is 22.2. The largest absolute Gasteiger partial charge is 0.324 e. The molecule has 1 fully saturated rings. The lowest BCUT2D eigenvalue weighted by molar-refractivity contribution is -0.123. The average Bonchev–Trinajstić information content (AvgIpc) is 2.76. The zero-order valence-electron chi connectivity index (χ0n) is 16.9. The Morgan fingerprint density at radius 3 is 2.74 bits per heavy atom. The van der Waals surface area contributed by atoms with Crippen LogP contribution in [0.4, 0.5) is 5.69 Å². The van der Waals surface area contributed by atoms with E-state index in [1.54, 1.807) is 18.2 Å². The molecule has 6 nitrogen and oxygen atoms in total. The normalized spacial score (nSPS) is 18.0. The van der Waals surface area contributed by atoms with E-state index in [1.165, 1.54) is 0 Å². The molecule has 162 valence electrons. The van der Waals surface area contributed by atoms with Crippen molar-refractivity contribution in [2.75, 3.05) is 5.32 Å². The Labute approximate surface area is 195 Å². The topological polar surface area (TPSA) is 82.9 Å². The predicted octanol–water partition coefficient (Wildman–Crippen LogP) is 5.50. The van der Waals surface area contributed by atoms with Crippen LogP contribution in [0.25, 0.3) is 0 Å². The molecule has 0 unspecified atom stereocenters. The van der Waals surface area contributed by atoms with Gasteiger partial charge >= 0.3 is 0 Å². The van der Waals surface area contributed by atoms with Gasteiger partial charge in [0.05, 0.1) is 16.4 Å². The van der Waals surface area contributed by atoms with Crippen molar-refractivity contribution in [1.29, 1.82) is 0 Å². The standard InChI is InChI=1S/C22H22Cl2N4O2S/c1-2-3-9-17(14-7-5-4-6-8-14)27-28-22-26-20(29)13-19(31-22)21(30)25-18-12-15(23)10-11-16(18)24/h4-8,10-12,19H,2-3,9,13H2,1H3,(H,25,30)(H,26,28,29)/b27-17+/t19-/m1/s1. The van der Waals surface area contributed by atoms with Crippen LogP contribution in [0.2, 0.25) is 10.0 Å². The Hall–Kier alpha value is -2.35. The summed E-state index contributed by atoms with van der Waals surface area (Å²) in [5.74, 6) is -0.644. The van der Waals surface area contributed by atoms with Crippen molar-refractivity contribution in [3.8, 4) is 0 Å². The molecule has 0 aromatic heterocycles. The highest BCUT2D eigenvalue weighted by Crippen LogP contribution is 2.28. The van der Waals surface area contributed by atoms with Crippen LogP contribution >= 0.6 is 35.0 Å². The first kappa shape index (κ1) is 23.3. The van der Waals surface area contributed by atoms with Crippen LogP contribution in [0.1, 0.15) is 38.2 Å². The molecule has 0 saturated carbocycles. The van der Waals surface area contributed by atoms with Gasteiger partial charge in [-0.3, -0.25) is 9.59 Å². The number of thioether (sulfide) groups is 1. The first-order valence-corrected chi connectivity index (χ1v) is 11.5. The fourth-order valence-corrected chi connectivity index (χ4v) is 4.15. The van der Waals surface area contributed by atoms with E-state index in [1.807, 2.05) is 30.3 Å². The van der Waals surface area contributed by atoms with Gasteiger partial charge in [-0.25, -0.2) is 0 Å². The number of nitrogens with one attached hydrogen (secondary N) is 2. The molecule has 2 amide bonds. The summed E-state index contributed by atoms with van der Waals surface area (Å²) in [6.07, 6.45) is 2.80. The first-order chi connectivity index (χ1) is 15.0. The third-order valence-electron chi connectivity index (χ3n) is 4.49. The van der Waals surface area contributed by atoms with Crippen LogP contribution in [-0.2, 0) is 9.59 Å². The number of amidine groups is 1. The minimum Gasteiger partial charge on any atom is -0.324 e. The molecule has 3 rings (SSSR count). The van der Waals surface area contributed by atoms with Gasteiger partial charge in [-0.05, 0) is 36.6 Å². The van der Waals surface area contributed by atoms with Crippen molar-refractivity contribution in [3.63, 3.8) is 0 Å². The Balaban J connectivity index is 1.76. The number of hydrogen-bond donors (Lipinski definition) is 2. The quantitative estimate of drug-likeness (QED) is 0.408. The van der Waals surface area contributed by atoms with Crippen LogP contribution in [0.3, 0.4) is 0 Å². The molecular weight excluding hydrogens is 455 g/mol. The first-order valence-electron chi connectivity index (χ1n) is 9.88. The molecule has 1 aliphatic rings. The van der Waals surface area contributed by atoms with Gasteiger partial charge in [-0.1, -0.05) is 78.6 Å². The average molecular weight is 477 g/mol. The number of benzene rings is 2. The number of carbonyl (C=O) groups excluding carboxylic acids is 2. The van der Waals surface area contributed by atoms with Gasteiger partial charge in [-0.2, -0.15) is 5.10 Å². The monoisotopic (exact) mass is 476 g/mol. The maximum atomic E-state index is 12.7. The summed E-state index contributed by atoms with van der Waals surface area (Å²) < 4.78 is 0. The van der Waals surface area contributed by atoms with Gasteiger partial charge in [-0.15, -0.1) is 5.10 Å². The highest BCUT2D eigenvalue weighted by molar-refractivity contribution is 8.15. The summed E-state index contributed by atoms with van der Waals surface area (Å²) >= 11 is 13.3. The molecule has 9 heteroatoms. The fraction of sp³-hybridized carbons (Fsp3) is 0.273. The van der Waals surface area contributed by atoms with Crippen LogP contribution in [0, 0.1) is 0 Å². The second-order valence-corrected chi connectivity index (χ2v) is 8.93. The molecule has 1 saturated heterocycles. The van der Waals surface area contributed by atoms with Gasteiger partial charge in [0.25, 0.3) is 0 Å². The van der Waals surface area contributed by atoms with Crippen molar-refractivity contribution in [1.82, 2.24) is 5.32 Å². The lowest BCUT2D eigenvalue weighted by Gasteiger charge is -2.22. The van der Waals surface area contributed by atoms with E-state index >= 15 is 0 Å². The predicted molar refractivity (Wildman–Crippen MR) is 129 cm³/mol. The van der Waals surface area contributed by atoms with E-state index in [0.29, 0.717) is 20.9 Å². The summed E-state index contributed by atoms with van der Waals surface area (Å²) in [5.41, 5.74) is 2.22. The van der Waals surface area contributed by atoms with Crippen LogP contribution in [-0.4, -0.2) is 27.9 Å². The summed E-state index contributed by atoms with van der Waals surface area (Å²) in [4.78, 5) is 24.9. The van der Waals surface area contributed by atoms with E-state index in [-0.39, 0.29) is 18.2 Å². The maximum Gasteiger partial charge on any atom is 0.238 e. The summed E-state index contributed by atoms with van der Waals surface area (Å²) in [5, 5.41) is 14.5. The molecule has 0 radical (unpaired) electrons. The molecule has 2 aromatic rings. The molecule has 0 spiro atoms. The molecule has 1 heterocycles. The zero-order valence-corrected chi connectivity index (χ0v) is 19.2. The van der Waals surface area contributed by atoms with Crippen molar-refractivity contribution >= 4 is 63.3 Å². The smallest absolute Gasteiger partial charge is 0.238 e. The molecular formula is C22H22Cl2N4O2S. The minimum atomic E-state index is -0.659. The third kappa shape index (κ3) is 6.82. The Morgan fingerprint density at radius 2 is 2.00 bits per heavy atom. The van der Waals surface area contributed by atoms with Crippen molar-refractivity contribution < 1.29 is 9.59 Å². The number of amides is 2. The van der Waals surface area contributed by atoms with Gasteiger partial charge in [0, 0.05) is 11.4 Å². The highest BCUT2D eigenvalue weighted by atomic mass is 35.5. The molecule has 31 heavy (non-hydrogen) atoms. The Morgan fingerprint density at radius 1 is 1.23 bits per heavy atom. The Kier molecular flexibility index (Phi) is 8.51. The third-order valence-corrected chi connectivity index (χ3v) is 6.12. The number of halogens is 2. The maximum absolute atomic E-state index is 12.7. The summed E-state index contributed by atoms with van der Waals surface area (Å²) in [6, 6.07) is 14.6. The molecule has 1 aliphatic heterocycles. The number of rotatable bonds is 7. The number of hydrogen-bond acceptors (Lipinski definition) is 5. The molecule has 2 N–H and O–H groups in total. The Bertz CT molecular complexity index is 1010. The van der Waals surface area contributed by atoms with Gasteiger partial charge in [0.1, 0.15) is 5.25 Å². The highest BCUT2D eigenvalue weighted by Gasteiger charge is 2.30.